The van der Waals surface area contributed by atoms with Gasteiger partial charge in [0.25, 0.3) is 11.5 Å². The molecule has 0 atom stereocenters. The zero-order valence-corrected chi connectivity index (χ0v) is 14.4. The van der Waals surface area contributed by atoms with Gasteiger partial charge in [0, 0.05) is 31.3 Å². The molecule has 1 N–H and O–H groups in total. The molecule has 0 saturated carbocycles. The van der Waals surface area contributed by atoms with E-state index >= 15 is 0 Å². The third kappa shape index (κ3) is 2.48. The van der Waals surface area contributed by atoms with Crippen molar-refractivity contribution in [3.05, 3.63) is 51.6 Å². The van der Waals surface area contributed by atoms with E-state index in [0.717, 1.165) is 5.69 Å². The summed E-state index contributed by atoms with van der Waals surface area (Å²) < 4.78 is 11.7. The topological polar surface area (TPSA) is 102 Å². The van der Waals surface area contributed by atoms with Gasteiger partial charge in [0.15, 0.2) is 5.65 Å². The number of amides is 1. The molecule has 0 aromatic carbocycles. The molecule has 0 unspecified atom stereocenters. The Morgan fingerprint density at radius 3 is 2.81 bits per heavy atom. The summed E-state index contributed by atoms with van der Waals surface area (Å²) in [7, 11) is 2.94. The van der Waals surface area contributed by atoms with Gasteiger partial charge in [0.1, 0.15) is 5.56 Å². The van der Waals surface area contributed by atoms with E-state index in [-0.39, 0.29) is 23.9 Å². The smallest absolute Gasteiger partial charge is 0.277 e. The molecule has 0 bridgehead atoms. The number of hydrogen-bond donors (Lipinski definition) is 1. The minimum atomic E-state index is -0.251. The molecule has 4 rings (SSSR count). The van der Waals surface area contributed by atoms with Crippen molar-refractivity contribution in [2.45, 2.75) is 13.0 Å². The van der Waals surface area contributed by atoms with E-state index in [9.17, 15) is 9.59 Å². The van der Waals surface area contributed by atoms with Gasteiger partial charge in [-0.3, -0.25) is 14.7 Å². The number of carbonyl (C=O) groups is 1. The van der Waals surface area contributed by atoms with Crippen molar-refractivity contribution in [3.63, 3.8) is 0 Å². The maximum atomic E-state index is 12.9. The first-order valence-electron chi connectivity index (χ1n) is 8.08. The van der Waals surface area contributed by atoms with E-state index in [1.165, 1.54) is 18.7 Å². The predicted molar refractivity (Wildman–Crippen MR) is 91.6 cm³/mol. The molecule has 0 saturated heterocycles. The number of nitrogens with zero attached hydrogens (tertiary/aromatic N) is 4. The maximum Gasteiger partial charge on any atom is 0.277 e. The number of fused-ring (bicyclic) bond motifs is 2. The second kappa shape index (κ2) is 6.17. The molecule has 0 radical (unpaired) electrons. The van der Waals surface area contributed by atoms with Gasteiger partial charge in [-0.25, -0.2) is 9.50 Å². The lowest BCUT2D eigenvalue weighted by molar-refractivity contribution is 0.0728. The van der Waals surface area contributed by atoms with Crippen molar-refractivity contribution in [2.24, 2.45) is 0 Å². The number of aromatic nitrogens is 4. The highest BCUT2D eigenvalue weighted by Gasteiger charge is 2.28. The van der Waals surface area contributed by atoms with Crippen LogP contribution in [-0.4, -0.2) is 51.2 Å². The van der Waals surface area contributed by atoms with Crippen LogP contribution in [0.5, 0.6) is 11.8 Å². The number of methoxy groups -OCH3 is 2. The summed E-state index contributed by atoms with van der Waals surface area (Å²) in [6.45, 7) is 0.658. The number of hydrogen-bond acceptors (Lipinski definition) is 6. The Balaban J connectivity index is 1.69. The lowest BCUT2D eigenvalue weighted by Crippen LogP contribution is -2.40. The van der Waals surface area contributed by atoms with Crippen LogP contribution in [0.3, 0.4) is 0 Å². The number of pyridine rings is 1. The van der Waals surface area contributed by atoms with Crippen molar-refractivity contribution in [3.8, 4) is 11.8 Å². The molecule has 1 aliphatic rings. The van der Waals surface area contributed by atoms with Gasteiger partial charge in [-0.1, -0.05) is 0 Å². The van der Waals surface area contributed by atoms with Crippen LogP contribution < -0.4 is 15.0 Å². The van der Waals surface area contributed by atoms with Gasteiger partial charge in [-0.05, 0) is 6.07 Å². The van der Waals surface area contributed by atoms with Crippen LogP contribution >= 0.6 is 0 Å². The molecule has 134 valence electrons. The highest BCUT2D eigenvalue weighted by atomic mass is 16.5. The number of carbonyl (C=O) groups excluding carboxylic acids is 1. The summed E-state index contributed by atoms with van der Waals surface area (Å²) >= 11 is 0. The molecule has 0 aliphatic carbocycles. The zero-order valence-electron chi connectivity index (χ0n) is 14.4. The predicted octanol–water partition coefficient (Wildman–Crippen LogP) is 0.633. The Kier molecular flexibility index (Phi) is 3.83. The first kappa shape index (κ1) is 16.1. The number of rotatable bonds is 3. The summed E-state index contributed by atoms with van der Waals surface area (Å²) in [6.07, 6.45) is 2.18. The fourth-order valence-corrected chi connectivity index (χ4v) is 3.12. The lowest BCUT2D eigenvalue weighted by Gasteiger charge is -2.28. The molecule has 3 aromatic heterocycles. The van der Waals surface area contributed by atoms with Gasteiger partial charge >= 0.3 is 0 Å². The summed E-state index contributed by atoms with van der Waals surface area (Å²) in [4.78, 5) is 35.8. The third-order valence-corrected chi connectivity index (χ3v) is 4.45. The zero-order chi connectivity index (χ0) is 18.3. The molecule has 3 aromatic rings. The Morgan fingerprint density at radius 1 is 1.19 bits per heavy atom. The van der Waals surface area contributed by atoms with Gasteiger partial charge in [0.2, 0.25) is 11.8 Å². The minimum absolute atomic E-state index is 0.188. The average Bonchev–Trinajstić information content (AvgIpc) is 3.15. The lowest BCUT2D eigenvalue weighted by atomic mass is 10.1. The van der Waals surface area contributed by atoms with Crippen molar-refractivity contribution < 1.29 is 14.3 Å². The SMILES string of the molecule is COc1ccc(C(=O)N2CCc3nc4cc[nH]n4c(=O)c3C2)c(OC)n1. The van der Waals surface area contributed by atoms with Crippen LogP contribution in [0.1, 0.15) is 21.6 Å². The van der Waals surface area contributed by atoms with Gasteiger partial charge in [-0.2, -0.15) is 4.98 Å². The van der Waals surface area contributed by atoms with Crippen LogP contribution in [0.4, 0.5) is 0 Å². The summed E-state index contributed by atoms with van der Waals surface area (Å²) in [5.74, 6) is 0.299. The third-order valence-electron chi connectivity index (χ3n) is 4.45. The summed E-state index contributed by atoms with van der Waals surface area (Å²) in [6, 6.07) is 4.96. The molecule has 0 fully saturated rings. The van der Waals surface area contributed by atoms with E-state index in [1.54, 1.807) is 29.3 Å². The minimum Gasteiger partial charge on any atom is -0.481 e. The maximum absolute atomic E-state index is 12.9. The molecule has 0 spiro atoms. The second-order valence-electron chi connectivity index (χ2n) is 5.89. The molecule has 4 heterocycles. The molecular weight excluding hydrogens is 338 g/mol. The van der Waals surface area contributed by atoms with E-state index in [4.69, 9.17) is 9.47 Å². The van der Waals surface area contributed by atoms with Crippen molar-refractivity contribution in [1.29, 1.82) is 0 Å². The molecule has 1 aliphatic heterocycles. The van der Waals surface area contributed by atoms with E-state index < -0.39 is 0 Å². The fraction of sp³-hybridized carbons (Fsp3) is 0.294. The summed E-state index contributed by atoms with van der Waals surface area (Å²) in [5, 5.41) is 2.84. The van der Waals surface area contributed by atoms with E-state index in [2.05, 4.69) is 15.1 Å². The first-order chi connectivity index (χ1) is 12.6. The normalized spacial score (nSPS) is 13.5. The fourth-order valence-electron chi connectivity index (χ4n) is 3.12. The van der Waals surface area contributed by atoms with Crippen molar-refractivity contribution in [2.75, 3.05) is 20.8 Å². The Bertz CT molecular complexity index is 1050. The number of H-pyrrole nitrogens is 1. The van der Waals surface area contributed by atoms with Crippen LogP contribution in [0.25, 0.3) is 5.65 Å². The molecular formula is C17H17N5O4. The van der Waals surface area contributed by atoms with Gasteiger partial charge in [-0.15, -0.1) is 0 Å². The van der Waals surface area contributed by atoms with Crippen LogP contribution in [-0.2, 0) is 13.0 Å². The average molecular weight is 355 g/mol. The Hall–Kier alpha value is -3.36. The molecule has 26 heavy (non-hydrogen) atoms. The molecule has 9 nitrogen and oxygen atoms in total. The van der Waals surface area contributed by atoms with E-state index in [0.29, 0.717) is 35.6 Å². The van der Waals surface area contributed by atoms with Crippen LogP contribution in [0.15, 0.2) is 29.2 Å². The molecule has 1 amide bonds. The monoisotopic (exact) mass is 355 g/mol. The molecule has 9 heteroatoms. The highest BCUT2D eigenvalue weighted by molar-refractivity contribution is 5.96. The number of aromatic amines is 1. The van der Waals surface area contributed by atoms with Crippen LogP contribution in [0, 0.1) is 0 Å². The highest BCUT2D eigenvalue weighted by Crippen LogP contribution is 2.24. The quantitative estimate of drug-likeness (QED) is 0.739. The number of ether oxygens (including phenoxy) is 2. The van der Waals surface area contributed by atoms with Crippen molar-refractivity contribution >= 4 is 11.6 Å². The summed E-state index contributed by atoms with van der Waals surface area (Å²) in [5.41, 5.74) is 1.97. The Labute approximate surface area is 148 Å². The number of nitrogens with one attached hydrogen (secondary N) is 1. The first-order valence-corrected chi connectivity index (χ1v) is 8.08. The largest absolute Gasteiger partial charge is 0.481 e. The van der Waals surface area contributed by atoms with Gasteiger partial charge < -0.3 is 14.4 Å². The second-order valence-corrected chi connectivity index (χ2v) is 5.89. The van der Waals surface area contributed by atoms with Crippen LogP contribution in [0.2, 0.25) is 0 Å². The van der Waals surface area contributed by atoms with E-state index in [1.807, 2.05) is 0 Å². The Morgan fingerprint density at radius 2 is 2.04 bits per heavy atom. The van der Waals surface area contributed by atoms with Gasteiger partial charge in [0.05, 0.1) is 32.0 Å². The standard InChI is InChI=1S/C17H17N5O4/c1-25-14-4-3-10(15(20-14)26-2)16(23)21-8-6-12-11(9-21)17(24)22-13(19-12)5-7-18-22/h3-5,7,18H,6,8-9H2,1-2H3. The van der Waals surface area contributed by atoms with Crippen molar-refractivity contribution in [1.82, 2.24) is 24.5 Å².